The zero-order valence-electron chi connectivity index (χ0n) is 5.99. The predicted molar refractivity (Wildman–Crippen MR) is 57.9 cm³/mol. The maximum absolute atomic E-state index is 9.56. The van der Waals surface area contributed by atoms with Gasteiger partial charge in [-0.25, -0.2) is 0 Å². The van der Waals surface area contributed by atoms with Crippen molar-refractivity contribution < 1.29 is 4.21 Å². The first kappa shape index (κ1) is 18.4. The van der Waals surface area contributed by atoms with Gasteiger partial charge >= 0.3 is 0 Å². The van der Waals surface area contributed by atoms with Gasteiger partial charge in [-0.1, -0.05) is 34.8 Å². The van der Waals surface area contributed by atoms with Crippen LogP contribution < -0.4 is 0 Å². The zero-order valence-corrected chi connectivity index (χ0v) is 10.6. The van der Waals surface area contributed by atoms with E-state index in [9.17, 15) is 4.21 Å². The molecule has 0 aliphatic rings. The quantitative estimate of drug-likeness (QED) is 0.622. The van der Waals surface area contributed by atoms with Gasteiger partial charge in [-0.05, 0) is 0 Å². The van der Waals surface area contributed by atoms with E-state index in [0.717, 1.165) is 0 Å². The number of hydrogen-bond acceptors (Lipinski definition) is 1. The molecule has 0 saturated heterocycles. The number of alkyl halides is 5. The van der Waals surface area contributed by atoms with Crippen molar-refractivity contribution in [3.63, 3.8) is 0 Å². The van der Waals surface area contributed by atoms with Gasteiger partial charge in [0, 0.05) is 23.3 Å². The third-order valence-corrected chi connectivity index (χ3v) is 0. The maximum Gasteiger partial charge on any atom is 0.180 e. The van der Waals surface area contributed by atoms with Crippen molar-refractivity contribution in [2.24, 2.45) is 0 Å². The molecule has 0 unspecified atom stereocenters. The van der Waals surface area contributed by atoms with Gasteiger partial charge < -0.3 is 0 Å². The molecule has 72 valence electrons. The van der Waals surface area contributed by atoms with Gasteiger partial charge in [-0.2, -0.15) is 0 Å². The Bertz CT molecular complexity index is 72.1. The second-order valence-corrected chi connectivity index (χ2v) is 5.36. The predicted octanol–water partition coefficient (Wildman–Crippen LogP) is 3.40. The van der Waals surface area contributed by atoms with E-state index in [-0.39, 0.29) is 5.34 Å². The van der Waals surface area contributed by atoms with Gasteiger partial charge in [-0.3, -0.25) is 4.21 Å². The topological polar surface area (TPSA) is 17.1 Å². The van der Waals surface area contributed by atoms with Gasteiger partial charge in [0.05, 0.1) is 5.34 Å². The second-order valence-electron chi connectivity index (χ2n) is 1.09. The molecule has 7 heteroatoms. The van der Waals surface area contributed by atoms with Crippen LogP contribution in [-0.2, 0) is 10.8 Å². The average molecular weight is 282 g/mol. The average Bonchev–Trinajstić information content (AvgIpc) is 1.60. The molecule has 0 radical (unpaired) electrons. The van der Waals surface area contributed by atoms with Crippen molar-refractivity contribution in [3.05, 3.63) is 0 Å². The molecular weight excluding hydrogens is 273 g/mol. The number of rotatable bonds is 0. The molecule has 0 aromatic heterocycles. The molecule has 0 aliphatic carbocycles. The van der Waals surface area contributed by atoms with Crippen LogP contribution in [0.3, 0.4) is 0 Å². The maximum atomic E-state index is 9.56. The van der Waals surface area contributed by atoms with Gasteiger partial charge in [0.2, 0.25) is 0 Å². The Hall–Kier alpha value is 1.60. The molecule has 0 saturated carbocycles. The minimum absolute atomic E-state index is 0.194. The smallest absolute Gasteiger partial charge is 0.180 e. The summed E-state index contributed by atoms with van der Waals surface area (Å²) in [5, 5.41) is 0.194. The Labute approximate surface area is 94.7 Å². The van der Waals surface area contributed by atoms with Crippen molar-refractivity contribution in [2.45, 2.75) is 4.30 Å². The summed E-state index contributed by atoms with van der Waals surface area (Å²) in [6, 6.07) is 0. The van der Waals surface area contributed by atoms with Crippen LogP contribution >= 0.6 is 58.0 Å². The third kappa shape index (κ3) is 418. The van der Waals surface area contributed by atoms with Gasteiger partial charge in [-0.15, -0.1) is 23.2 Å². The van der Waals surface area contributed by atoms with Gasteiger partial charge in [0.15, 0.2) is 4.30 Å². The zero-order chi connectivity index (χ0) is 9.86. The molecule has 1 nitrogen and oxygen atoms in total. The molecule has 11 heavy (non-hydrogen) atoms. The fourth-order valence-electron chi connectivity index (χ4n) is 0. The van der Waals surface area contributed by atoms with Crippen molar-refractivity contribution in [3.8, 4) is 0 Å². The molecule has 0 rings (SSSR count). The first-order chi connectivity index (χ1) is 4.88. The largest absolute Gasteiger partial charge is 0.260 e. The lowest BCUT2D eigenvalue weighted by Crippen LogP contribution is -1.70. The highest BCUT2D eigenvalue weighted by Crippen LogP contribution is 2.03. The Morgan fingerprint density at radius 2 is 1.18 bits per heavy atom. The molecule has 0 heterocycles. The third-order valence-electron chi connectivity index (χ3n) is 0. The highest BCUT2D eigenvalue weighted by atomic mass is 35.6. The van der Waals surface area contributed by atoms with Crippen LogP contribution in [0.5, 0.6) is 0 Å². The van der Waals surface area contributed by atoms with Crippen LogP contribution in [-0.4, -0.2) is 26.4 Å². The van der Waals surface area contributed by atoms with E-state index in [4.69, 9.17) is 58.0 Å². The normalized spacial score (nSPS) is 8.09. The lowest BCUT2D eigenvalue weighted by molar-refractivity contribution is 0.690. The Kier molecular flexibility index (Phi) is 29.5. The standard InChI is InChI=1S/C2H6OS.CHCl3.CH2Cl2/c1-4(2)3;2-1(3)4;2-1-3/h1-2H3;1H;1H2. The number of halogens is 5. The van der Waals surface area contributed by atoms with Crippen LogP contribution in [0.15, 0.2) is 0 Å². The summed E-state index contributed by atoms with van der Waals surface area (Å²) in [6.45, 7) is 0. The van der Waals surface area contributed by atoms with Gasteiger partial charge in [0.25, 0.3) is 0 Å². The van der Waals surface area contributed by atoms with Gasteiger partial charge in [0.1, 0.15) is 0 Å². The Balaban J connectivity index is -0.0000000886. The lowest BCUT2D eigenvalue weighted by atomic mass is 11.9. The van der Waals surface area contributed by atoms with Crippen molar-refractivity contribution >= 4 is 68.8 Å². The lowest BCUT2D eigenvalue weighted by Gasteiger charge is -1.69. The van der Waals surface area contributed by atoms with E-state index in [0.29, 0.717) is 0 Å². The minimum atomic E-state index is -0.750. The molecule has 0 aromatic rings. The summed E-state index contributed by atoms with van der Waals surface area (Å²) in [6.07, 6.45) is 3.28. The Morgan fingerprint density at radius 3 is 1.18 bits per heavy atom. The molecule has 0 aromatic carbocycles. The van der Waals surface area contributed by atoms with Crippen LogP contribution in [0.2, 0.25) is 0 Å². The molecule has 0 amide bonds. The monoisotopic (exact) mass is 280 g/mol. The van der Waals surface area contributed by atoms with Crippen LogP contribution in [0.25, 0.3) is 0 Å². The van der Waals surface area contributed by atoms with Crippen molar-refractivity contribution in [1.29, 1.82) is 0 Å². The number of hydrogen-bond donors (Lipinski definition) is 0. The Morgan fingerprint density at radius 1 is 1.18 bits per heavy atom. The highest BCUT2D eigenvalue weighted by Gasteiger charge is 1.78. The summed E-state index contributed by atoms with van der Waals surface area (Å²) in [5.74, 6) is 0. The van der Waals surface area contributed by atoms with Crippen molar-refractivity contribution in [1.82, 2.24) is 0 Å². The summed E-state index contributed by atoms with van der Waals surface area (Å²) in [7, 11) is -0.611. The van der Waals surface area contributed by atoms with Crippen LogP contribution in [0.1, 0.15) is 0 Å². The van der Waals surface area contributed by atoms with E-state index >= 15 is 0 Å². The first-order valence-electron chi connectivity index (χ1n) is 2.17. The van der Waals surface area contributed by atoms with E-state index in [2.05, 4.69) is 0 Å². The highest BCUT2D eigenvalue weighted by molar-refractivity contribution is 7.83. The van der Waals surface area contributed by atoms with Crippen LogP contribution in [0.4, 0.5) is 0 Å². The fraction of sp³-hybridized carbons (Fsp3) is 1.00. The first-order valence-corrected chi connectivity index (χ1v) is 6.52. The molecule has 0 atom stereocenters. The fourth-order valence-corrected chi connectivity index (χ4v) is 0. The molecule has 0 fully saturated rings. The van der Waals surface area contributed by atoms with E-state index < -0.39 is 15.1 Å². The summed E-state index contributed by atoms with van der Waals surface area (Å²) in [4.78, 5) is 0. The summed E-state index contributed by atoms with van der Waals surface area (Å²) >= 11 is 23.9. The molecule has 0 spiro atoms. The summed E-state index contributed by atoms with van der Waals surface area (Å²) < 4.78 is 8.81. The summed E-state index contributed by atoms with van der Waals surface area (Å²) in [5.41, 5.74) is 0. The second kappa shape index (κ2) is 17.6. The van der Waals surface area contributed by atoms with E-state index in [1.165, 1.54) is 0 Å². The molecule has 0 aliphatic heterocycles. The molecular formula is C4H9Cl5OS. The minimum Gasteiger partial charge on any atom is -0.260 e. The molecule has 0 bridgehead atoms. The molecule has 0 N–H and O–H groups in total. The van der Waals surface area contributed by atoms with Crippen molar-refractivity contribution in [2.75, 3.05) is 17.9 Å². The van der Waals surface area contributed by atoms with E-state index in [1.807, 2.05) is 0 Å². The van der Waals surface area contributed by atoms with Crippen LogP contribution in [0, 0.1) is 0 Å². The SMILES string of the molecule is CS(C)=O.ClC(Cl)Cl.ClCCl. The van der Waals surface area contributed by atoms with E-state index in [1.54, 1.807) is 12.5 Å².